The lowest BCUT2D eigenvalue weighted by molar-refractivity contribution is -0.137. The van der Waals surface area contributed by atoms with Crippen LogP contribution in [-0.2, 0) is 35.3 Å². The third-order valence-electron chi connectivity index (χ3n) is 4.23. The molecule has 31 heavy (non-hydrogen) atoms. The third kappa shape index (κ3) is 10.3. The molecule has 2 N–H and O–H groups in total. The van der Waals surface area contributed by atoms with Crippen molar-refractivity contribution in [1.82, 2.24) is 10.6 Å². The molecule has 0 fully saturated rings. The van der Waals surface area contributed by atoms with E-state index in [1.807, 2.05) is 31.2 Å². The molecule has 0 spiro atoms. The molecule has 0 radical (unpaired) electrons. The van der Waals surface area contributed by atoms with E-state index >= 15 is 0 Å². The summed E-state index contributed by atoms with van der Waals surface area (Å²) in [5, 5.41) is 6.20. The van der Waals surface area contributed by atoms with Crippen LogP contribution in [0.4, 0.5) is 13.2 Å². The summed E-state index contributed by atoms with van der Waals surface area (Å²) < 4.78 is 49.3. The summed E-state index contributed by atoms with van der Waals surface area (Å²) in [6.45, 7) is 5.00. The van der Waals surface area contributed by atoms with Gasteiger partial charge >= 0.3 is 6.18 Å². The number of nitrogens with zero attached hydrogens (tertiary/aromatic N) is 1. The second-order valence-electron chi connectivity index (χ2n) is 6.55. The minimum absolute atomic E-state index is 0. The zero-order valence-electron chi connectivity index (χ0n) is 17.7. The number of benzene rings is 2. The normalized spacial score (nSPS) is 11.7. The summed E-state index contributed by atoms with van der Waals surface area (Å²) in [7, 11) is 1.62. The fourth-order valence-corrected chi connectivity index (χ4v) is 2.73. The van der Waals surface area contributed by atoms with Crippen LogP contribution in [0.25, 0.3) is 0 Å². The van der Waals surface area contributed by atoms with Crippen LogP contribution in [0.15, 0.2) is 53.5 Å². The fraction of sp³-hybridized carbons (Fsp3) is 0.409. The molecular formula is C22H29F3IN3O2. The molecule has 0 bridgehead atoms. The maximum absolute atomic E-state index is 12.8. The molecule has 2 aromatic rings. The van der Waals surface area contributed by atoms with Gasteiger partial charge in [-0.05, 0) is 35.7 Å². The zero-order valence-corrected chi connectivity index (χ0v) is 20.0. The van der Waals surface area contributed by atoms with Crippen LogP contribution in [0.5, 0.6) is 0 Å². The Morgan fingerprint density at radius 2 is 1.48 bits per heavy atom. The number of rotatable bonds is 10. The Hall–Kier alpha value is -1.85. The Labute approximate surface area is 198 Å². The van der Waals surface area contributed by atoms with Crippen molar-refractivity contribution >= 4 is 29.9 Å². The standard InChI is InChI=1S/C22H28F3N3O2.HI/c1-3-29-10-11-30-16-19-8-4-6-17(12-19)14-27-21(26-2)28-15-18-7-5-9-20(13-18)22(23,24)25;/h4-9,12-13H,3,10-11,14-16H2,1-2H3,(H2,26,27,28);1H. The van der Waals surface area contributed by atoms with Crippen molar-refractivity contribution in [2.24, 2.45) is 4.99 Å². The summed E-state index contributed by atoms with van der Waals surface area (Å²) >= 11 is 0. The van der Waals surface area contributed by atoms with Gasteiger partial charge in [0.15, 0.2) is 5.96 Å². The molecule has 2 rings (SSSR count). The Bertz CT molecular complexity index is 817. The molecule has 0 amide bonds. The quantitative estimate of drug-likeness (QED) is 0.194. The van der Waals surface area contributed by atoms with Crippen molar-refractivity contribution in [2.45, 2.75) is 32.8 Å². The molecule has 172 valence electrons. The number of nitrogens with one attached hydrogen (secondary N) is 2. The van der Waals surface area contributed by atoms with E-state index in [9.17, 15) is 13.2 Å². The van der Waals surface area contributed by atoms with E-state index in [0.29, 0.717) is 44.5 Å². The lowest BCUT2D eigenvalue weighted by Crippen LogP contribution is -2.36. The van der Waals surface area contributed by atoms with Crippen molar-refractivity contribution in [3.63, 3.8) is 0 Å². The first kappa shape index (κ1) is 27.2. The van der Waals surface area contributed by atoms with Gasteiger partial charge in [0.05, 0.1) is 25.4 Å². The SMILES string of the molecule is CCOCCOCc1cccc(CNC(=NC)NCc2cccc(C(F)(F)F)c2)c1.I. The van der Waals surface area contributed by atoms with E-state index in [4.69, 9.17) is 9.47 Å². The maximum Gasteiger partial charge on any atom is 0.416 e. The number of aliphatic imine (C=N–C) groups is 1. The summed E-state index contributed by atoms with van der Waals surface area (Å²) in [5.41, 5.74) is 1.96. The lowest BCUT2D eigenvalue weighted by atomic mass is 10.1. The number of hydrogen-bond acceptors (Lipinski definition) is 3. The average molecular weight is 551 g/mol. The van der Waals surface area contributed by atoms with Crippen LogP contribution in [-0.4, -0.2) is 32.8 Å². The number of ether oxygens (including phenoxy) is 2. The largest absolute Gasteiger partial charge is 0.416 e. The first-order chi connectivity index (χ1) is 14.4. The summed E-state index contributed by atoms with van der Waals surface area (Å²) in [4.78, 5) is 4.12. The Kier molecular flexibility index (Phi) is 12.5. The zero-order chi connectivity index (χ0) is 21.8. The highest BCUT2D eigenvalue weighted by atomic mass is 127. The molecule has 0 aliphatic carbocycles. The van der Waals surface area contributed by atoms with Crippen molar-refractivity contribution in [1.29, 1.82) is 0 Å². The number of hydrogen-bond donors (Lipinski definition) is 2. The van der Waals surface area contributed by atoms with Crippen LogP contribution in [0.1, 0.15) is 29.2 Å². The molecule has 0 heterocycles. The molecule has 0 aliphatic rings. The van der Waals surface area contributed by atoms with E-state index < -0.39 is 11.7 Å². The van der Waals surface area contributed by atoms with Gasteiger partial charge in [-0.2, -0.15) is 13.2 Å². The molecule has 0 unspecified atom stereocenters. The van der Waals surface area contributed by atoms with Crippen LogP contribution < -0.4 is 10.6 Å². The van der Waals surface area contributed by atoms with Crippen LogP contribution in [0.2, 0.25) is 0 Å². The molecular weight excluding hydrogens is 522 g/mol. The molecule has 0 atom stereocenters. The minimum Gasteiger partial charge on any atom is -0.379 e. The Morgan fingerprint density at radius 1 is 0.903 bits per heavy atom. The minimum atomic E-state index is -4.35. The van der Waals surface area contributed by atoms with Gasteiger partial charge in [0.25, 0.3) is 0 Å². The first-order valence-corrected chi connectivity index (χ1v) is 9.76. The second-order valence-corrected chi connectivity index (χ2v) is 6.55. The van der Waals surface area contributed by atoms with Gasteiger partial charge in [-0.25, -0.2) is 0 Å². The van der Waals surface area contributed by atoms with E-state index in [-0.39, 0.29) is 30.5 Å². The van der Waals surface area contributed by atoms with Gasteiger partial charge in [0, 0.05) is 26.7 Å². The molecule has 2 aromatic carbocycles. The predicted molar refractivity (Wildman–Crippen MR) is 126 cm³/mol. The topological polar surface area (TPSA) is 54.9 Å². The highest BCUT2D eigenvalue weighted by molar-refractivity contribution is 14.0. The van der Waals surface area contributed by atoms with Gasteiger partial charge < -0.3 is 20.1 Å². The molecule has 0 aliphatic heterocycles. The second kappa shape index (κ2) is 14.3. The van der Waals surface area contributed by atoms with Crippen molar-refractivity contribution in [3.05, 3.63) is 70.8 Å². The monoisotopic (exact) mass is 551 g/mol. The van der Waals surface area contributed by atoms with Gasteiger partial charge in [-0.1, -0.05) is 36.4 Å². The molecule has 0 saturated carbocycles. The van der Waals surface area contributed by atoms with Crippen molar-refractivity contribution < 1.29 is 22.6 Å². The van der Waals surface area contributed by atoms with Crippen LogP contribution in [0.3, 0.4) is 0 Å². The van der Waals surface area contributed by atoms with Crippen LogP contribution in [0, 0.1) is 0 Å². The van der Waals surface area contributed by atoms with Gasteiger partial charge in [0.2, 0.25) is 0 Å². The first-order valence-electron chi connectivity index (χ1n) is 9.76. The fourth-order valence-electron chi connectivity index (χ4n) is 2.73. The molecule has 0 aromatic heterocycles. The average Bonchev–Trinajstić information content (AvgIpc) is 2.74. The Balaban J connectivity index is 0.00000480. The predicted octanol–water partition coefficient (Wildman–Crippen LogP) is 4.74. The molecule has 5 nitrogen and oxygen atoms in total. The molecule has 9 heteroatoms. The van der Waals surface area contributed by atoms with E-state index in [1.165, 1.54) is 6.07 Å². The van der Waals surface area contributed by atoms with Gasteiger partial charge in [-0.3, -0.25) is 4.99 Å². The highest BCUT2D eigenvalue weighted by Gasteiger charge is 2.30. The summed E-state index contributed by atoms with van der Waals surface area (Å²) in [6, 6.07) is 13.2. The smallest absolute Gasteiger partial charge is 0.379 e. The van der Waals surface area contributed by atoms with Gasteiger partial charge in [-0.15, -0.1) is 24.0 Å². The number of guanidine groups is 1. The number of alkyl halides is 3. The van der Waals surface area contributed by atoms with Crippen molar-refractivity contribution in [2.75, 3.05) is 26.9 Å². The highest BCUT2D eigenvalue weighted by Crippen LogP contribution is 2.29. The number of halogens is 4. The van der Waals surface area contributed by atoms with E-state index in [1.54, 1.807) is 13.1 Å². The third-order valence-corrected chi connectivity index (χ3v) is 4.23. The maximum atomic E-state index is 12.8. The van der Waals surface area contributed by atoms with Crippen LogP contribution >= 0.6 is 24.0 Å². The Morgan fingerprint density at radius 3 is 2.10 bits per heavy atom. The van der Waals surface area contributed by atoms with Crippen molar-refractivity contribution in [3.8, 4) is 0 Å². The molecule has 0 saturated heterocycles. The summed E-state index contributed by atoms with van der Waals surface area (Å²) in [5.74, 6) is 0.505. The van der Waals surface area contributed by atoms with E-state index in [0.717, 1.165) is 23.3 Å². The summed E-state index contributed by atoms with van der Waals surface area (Å²) in [6.07, 6.45) is -4.35. The van der Waals surface area contributed by atoms with E-state index in [2.05, 4.69) is 15.6 Å². The van der Waals surface area contributed by atoms with Gasteiger partial charge in [0.1, 0.15) is 0 Å². The lowest BCUT2D eigenvalue weighted by Gasteiger charge is -2.14.